The maximum absolute atomic E-state index is 13.7. The molecule has 2 amide bonds. The molecule has 7 nitrogen and oxygen atoms in total. The van der Waals surface area contributed by atoms with Crippen LogP contribution < -0.4 is 0 Å². The maximum atomic E-state index is 13.7. The summed E-state index contributed by atoms with van der Waals surface area (Å²) in [6, 6.07) is -0.814. The molecule has 1 N–H and O–H groups in total. The van der Waals surface area contributed by atoms with Crippen LogP contribution >= 0.6 is 27.7 Å². The normalized spacial score (nSPS) is 34.2. The molecule has 0 aromatic carbocycles. The zero-order valence-corrected chi connectivity index (χ0v) is 19.7. The number of esters is 1. The second-order valence-corrected chi connectivity index (χ2v) is 10.9. The third-order valence-electron chi connectivity index (χ3n) is 6.21. The highest BCUT2D eigenvalue weighted by Crippen LogP contribution is 2.68. The van der Waals surface area contributed by atoms with E-state index in [2.05, 4.69) is 29.1 Å². The van der Waals surface area contributed by atoms with Gasteiger partial charge in [0.2, 0.25) is 11.8 Å². The lowest BCUT2D eigenvalue weighted by Crippen LogP contribution is -2.57. The lowest BCUT2D eigenvalue weighted by molar-refractivity contribution is -0.153. The molecule has 30 heavy (non-hydrogen) atoms. The van der Waals surface area contributed by atoms with Gasteiger partial charge in [0.25, 0.3) is 0 Å². The standard InChI is InChI=1S/C21H29BrN2O5S/c1-5-7-23(12(3)4)19(27)17-21-11-13(22)16(30-21)14(20(28)29-10-6-2)15(21)18(26)24(17)8-9-25/h5-6,12-17,25H,1-2,7-11H2,3-4H3/t13?,14-,15+,16-,17?,21?/m1/s1. The molecule has 166 valence electrons. The maximum Gasteiger partial charge on any atom is 0.311 e. The summed E-state index contributed by atoms with van der Waals surface area (Å²) in [6.07, 6.45) is 3.76. The Morgan fingerprint density at radius 2 is 2.13 bits per heavy atom. The molecule has 1 spiro atoms. The topological polar surface area (TPSA) is 87.2 Å². The number of hydrogen-bond donors (Lipinski definition) is 1. The molecule has 0 saturated carbocycles. The number of fused-ring (bicyclic) bond motifs is 1. The zero-order chi connectivity index (χ0) is 22.2. The number of thioether (sulfide) groups is 1. The minimum Gasteiger partial charge on any atom is -0.461 e. The summed E-state index contributed by atoms with van der Waals surface area (Å²) >= 11 is 5.24. The Labute approximate surface area is 190 Å². The summed E-state index contributed by atoms with van der Waals surface area (Å²) in [6.45, 7) is 11.4. The van der Waals surface area contributed by atoms with Gasteiger partial charge in [-0.25, -0.2) is 0 Å². The van der Waals surface area contributed by atoms with Crippen LogP contribution in [0.5, 0.6) is 0 Å². The molecule has 3 unspecified atom stereocenters. The van der Waals surface area contributed by atoms with Crippen LogP contribution in [0.4, 0.5) is 0 Å². The van der Waals surface area contributed by atoms with Gasteiger partial charge in [0.05, 0.1) is 23.2 Å². The summed E-state index contributed by atoms with van der Waals surface area (Å²) in [7, 11) is 0. The van der Waals surface area contributed by atoms with Crippen molar-refractivity contribution in [2.24, 2.45) is 11.8 Å². The number of halogens is 1. The molecule has 0 aliphatic carbocycles. The van der Waals surface area contributed by atoms with Crippen molar-refractivity contribution in [2.75, 3.05) is 26.3 Å². The number of carbonyl (C=O) groups is 3. The number of hydrogen-bond acceptors (Lipinski definition) is 6. The third kappa shape index (κ3) is 3.52. The van der Waals surface area contributed by atoms with Crippen LogP contribution in [0.2, 0.25) is 0 Å². The number of nitrogens with zero attached hydrogens (tertiary/aromatic N) is 2. The summed E-state index contributed by atoms with van der Waals surface area (Å²) < 4.78 is 4.60. The van der Waals surface area contributed by atoms with Gasteiger partial charge in [-0.2, -0.15) is 0 Å². The number of rotatable bonds is 9. The Balaban J connectivity index is 2.04. The van der Waals surface area contributed by atoms with E-state index in [1.165, 1.54) is 11.0 Å². The number of amides is 2. The van der Waals surface area contributed by atoms with Crippen LogP contribution in [0.1, 0.15) is 20.3 Å². The highest BCUT2D eigenvalue weighted by molar-refractivity contribution is 9.09. The first-order valence-electron chi connectivity index (χ1n) is 10.2. The fraction of sp³-hybridized carbons (Fsp3) is 0.667. The van der Waals surface area contributed by atoms with Crippen LogP contribution in [-0.4, -0.2) is 85.9 Å². The molecule has 0 radical (unpaired) electrons. The summed E-state index contributed by atoms with van der Waals surface area (Å²) in [4.78, 5) is 43.3. The van der Waals surface area contributed by atoms with Crippen molar-refractivity contribution in [3.63, 3.8) is 0 Å². The Morgan fingerprint density at radius 1 is 1.43 bits per heavy atom. The fourth-order valence-electron chi connectivity index (χ4n) is 5.12. The second kappa shape index (κ2) is 9.04. The van der Waals surface area contributed by atoms with Gasteiger partial charge in [0.1, 0.15) is 12.6 Å². The number of alkyl halides is 1. The minimum atomic E-state index is -0.739. The van der Waals surface area contributed by atoms with Gasteiger partial charge >= 0.3 is 5.97 Å². The van der Waals surface area contributed by atoms with Crippen LogP contribution in [-0.2, 0) is 19.1 Å². The lowest BCUT2D eigenvalue weighted by Gasteiger charge is -2.38. The Morgan fingerprint density at radius 3 is 2.70 bits per heavy atom. The Kier molecular flexibility index (Phi) is 7.04. The average molecular weight is 501 g/mol. The monoisotopic (exact) mass is 500 g/mol. The van der Waals surface area contributed by atoms with E-state index in [1.54, 1.807) is 22.7 Å². The Bertz CT molecular complexity index is 747. The fourth-order valence-corrected chi connectivity index (χ4v) is 8.71. The summed E-state index contributed by atoms with van der Waals surface area (Å²) in [5, 5.41) is 9.47. The Hall–Kier alpha value is -1.32. The van der Waals surface area contributed by atoms with E-state index in [0.29, 0.717) is 13.0 Å². The molecular weight excluding hydrogens is 472 g/mol. The molecule has 3 fully saturated rings. The number of carbonyl (C=O) groups excluding carboxylic acids is 3. The smallest absolute Gasteiger partial charge is 0.311 e. The molecule has 2 bridgehead atoms. The summed E-state index contributed by atoms with van der Waals surface area (Å²) in [5.41, 5.74) is 0. The molecule has 6 atom stereocenters. The number of likely N-dealkylation sites (tertiary alicyclic amines) is 1. The lowest BCUT2D eigenvalue weighted by atomic mass is 9.71. The number of β-amino-alcohol motifs (C(OH)–C–C–N with tert-alkyl or cyclic N) is 1. The van der Waals surface area contributed by atoms with Crippen molar-refractivity contribution >= 4 is 45.5 Å². The predicted octanol–water partition coefficient (Wildman–Crippen LogP) is 1.60. The van der Waals surface area contributed by atoms with E-state index in [-0.39, 0.29) is 47.7 Å². The van der Waals surface area contributed by atoms with Crippen LogP contribution in [0.3, 0.4) is 0 Å². The van der Waals surface area contributed by atoms with Gasteiger partial charge in [-0.1, -0.05) is 34.7 Å². The van der Waals surface area contributed by atoms with E-state index in [0.717, 1.165) is 0 Å². The van der Waals surface area contributed by atoms with Gasteiger partial charge in [-0.3, -0.25) is 14.4 Å². The molecule has 3 saturated heterocycles. The molecule has 3 aliphatic rings. The van der Waals surface area contributed by atoms with Crippen LogP contribution in [0, 0.1) is 11.8 Å². The third-order valence-corrected chi connectivity index (χ3v) is 9.43. The van der Waals surface area contributed by atoms with Crippen molar-refractivity contribution in [2.45, 2.75) is 47.2 Å². The highest BCUT2D eigenvalue weighted by atomic mass is 79.9. The van der Waals surface area contributed by atoms with E-state index in [1.807, 2.05) is 13.8 Å². The summed E-state index contributed by atoms with van der Waals surface area (Å²) in [5.74, 6) is -2.12. The first-order chi connectivity index (χ1) is 14.2. The molecule has 0 aromatic rings. The van der Waals surface area contributed by atoms with E-state index in [4.69, 9.17) is 4.74 Å². The van der Waals surface area contributed by atoms with Crippen molar-refractivity contribution in [3.05, 3.63) is 25.3 Å². The molecule has 3 heterocycles. The van der Waals surface area contributed by atoms with Gasteiger partial charge in [-0.05, 0) is 20.3 Å². The van der Waals surface area contributed by atoms with Gasteiger partial charge in [0, 0.05) is 29.2 Å². The number of aliphatic hydroxyl groups excluding tert-OH is 1. The quantitative estimate of drug-likeness (QED) is 0.294. The first-order valence-corrected chi connectivity index (χ1v) is 12.0. The molecule has 9 heteroatoms. The van der Waals surface area contributed by atoms with Crippen molar-refractivity contribution in [3.8, 4) is 0 Å². The van der Waals surface area contributed by atoms with Crippen LogP contribution in [0.25, 0.3) is 0 Å². The van der Waals surface area contributed by atoms with E-state index >= 15 is 0 Å². The highest BCUT2D eigenvalue weighted by Gasteiger charge is 2.76. The predicted molar refractivity (Wildman–Crippen MR) is 119 cm³/mol. The van der Waals surface area contributed by atoms with Crippen molar-refractivity contribution < 1.29 is 24.2 Å². The van der Waals surface area contributed by atoms with Crippen molar-refractivity contribution in [1.82, 2.24) is 9.80 Å². The van der Waals surface area contributed by atoms with Crippen molar-refractivity contribution in [1.29, 1.82) is 0 Å². The SMILES string of the molecule is C=CCOC(=O)[C@H]1[C@@H]2SC3(CC2Br)C(C(=O)N(CC=C)C(C)C)N(CCO)C(=O)[C@H]13. The van der Waals surface area contributed by atoms with Crippen LogP contribution in [0.15, 0.2) is 25.3 Å². The molecular formula is C21H29BrN2O5S. The number of aliphatic hydroxyl groups is 1. The largest absolute Gasteiger partial charge is 0.461 e. The molecule has 3 aliphatic heterocycles. The molecule has 0 aromatic heterocycles. The first kappa shape index (κ1) is 23.3. The van der Waals surface area contributed by atoms with Gasteiger partial charge in [-0.15, -0.1) is 18.3 Å². The zero-order valence-electron chi connectivity index (χ0n) is 17.3. The number of ether oxygens (including phenoxy) is 1. The van der Waals surface area contributed by atoms with E-state index in [9.17, 15) is 19.5 Å². The second-order valence-electron chi connectivity index (χ2n) is 8.21. The molecule has 3 rings (SSSR count). The van der Waals surface area contributed by atoms with E-state index < -0.39 is 28.6 Å². The average Bonchev–Trinajstić information content (AvgIpc) is 3.28. The minimum absolute atomic E-state index is 0.0101. The van der Waals surface area contributed by atoms with Gasteiger partial charge in [0.15, 0.2) is 0 Å². The van der Waals surface area contributed by atoms with Gasteiger partial charge < -0.3 is 19.6 Å².